The van der Waals surface area contributed by atoms with Crippen LogP contribution in [0, 0.1) is 0 Å². The van der Waals surface area contributed by atoms with Gasteiger partial charge in [0.05, 0.1) is 35.4 Å². The number of halogens is 1. The summed E-state index contributed by atoms with van der Waals surface area (Å²) in [5, 5.41) is 21.2. The van der Waals surface area contributed by atoms with Gasteiger partial charge in [0.1, 0.15) is 0 Å². The summed E-state index contributed by atoms with van der Waals surface area (Å²) in [6.07, 6.45) is -0.0921. The van der Waals surface area contributed by atoms with Crippen molar-refractivity contribution in [3.63, 3.8) is 0 Å². The number of aromatic hydroxyl groups is 1. The zero-order valence-electron chi connectivity index (χ0n) is 20.7. The summed E-state index contributed by atoms with van der Waals surface area (Å²) in [6.45, 7) is 0.294. The highest BCUT2D eigenvalue weighted by atomic mass is 35.5. The number of aliphatic carboxylic acids is 1. The van der Waals surface area contributed by atoms with Gasteiger partial charge in [0, 0.05) is 28.7 Å². The third-order valence-electron chi connectivity index (χ3n) is 5.86. The number of H-pyrrole nitrogens is 1. The number of carbonyl (C=O) groups is 2. The number of nitrogens with zero attached hydrogens (tertiary/aromatic N) is 3. The number of rotatable bonds is 8. The minimum Gasteiger partial charge on any atom is -0.494 e. The molecule has 4 rings (SSSR count). The number of fused-ring (bicyclic) bond motifs is 1. The second-order valence-corrected chi connectivity index (χ2v) is 9.41. The molecule has 0 aliphatic carbocycles. The first-order chi connectivity index (χ1) is 17.6. The Labute approximate surface area is 219 Å². The maximum atomic E-state index is 12.4. The number of amides is 1. The third kappa shape index (κ3) is 5.99. The lowest BCUT2D eigenvalue weighted by Crippen LogP contribution is -2.34. The van der Waals surface area contributed by atoms with Gasteiger partial charge >= 0.3 is 5.97 Å². The summed E-state index contributed by atoms with van der Waals surface area (Å²) >= 11 is 6.15. The fraction of sp³-hybridized carbons (Fsp3) is 0.179. The van der Waals surface area contributed by atoms with Crippen LogP contribution < -0.4 is 4.90 Å². The van der Waals surface area contributed by atoms with Crippen molar-refractivity contribution in [1.29, 1.82) is 0 Å². The van der Waals surface area contributed by atoms with Crippen molar-refractivity contribution in [2.45, 2.75) is 6.42 Å². The number of aliphatic imine (C=N–C) groups is 1. The Morgan fingerprint density at radius 3 is 2.27 bits per heavy atom. The molecule has 0 radical (unpaired) electrons. The lowest BCUT2D eigenvalue weighted by Gasteiger charge is -2.19. The Morgan fingerprint density at radius 2 is 1.65 bits per heavy atom. The van der Waals surface area contributed by atoms with E-state index in [2.05, 4.69) is 4.98 Å². The molecule has 3 N–H and O–H groups in total. The van der Waals surface area contributed by atoms with Crippen molar-refractivity contribution < 1.29 is 19.8 Å². The van der Waals surface area contributed by atoms with Crippen LogP contribution in [0.15, 0.2) is 71.7 Å². The second kappa shape index (κ2) is 10.9. The number of carboxylic acid groups (broad SMARTS) is 1. The highest BCUT2D eigenvalue weighted by molar-refractivity contribution is 6.31. The monoisotopic (exact) mass is 518 g/mol. The molecule has 1 heterocycles. The van der Waals surface area contributed by atoms with E-state index in [1.54, 1.807) is 60.5 Å². The topological polar surface area (TPSA) is 109 Å². The first-order valence-electron chi connectivity index (χ1n) is 11.5. The van der Waals surface area contributed by atoms with Gasteiger partial charge in [0.25, 0.3) is 0 Å². The van der Waals surface area contributed by atoms with Crippen LogP contribution in [0.4, 0.5) is 11.4 Å². The molecule has 1 aromatic heterocycles. The normalized spacial score (nSPS) is 11.8. The van der Waals surface area contributed by atoms with E-state index >= 15 is 0 Å². The third-order valence-corrected chi connectivity index (χ3v) is 6.10. The number of likely N-dealkylation sites (N-methyl/N-ethyl adjacent to an activating group) is 2. The zero-order chi connectivity index (χ0) is 26.7. The van der Waals surface area contributed by atoms with Gasteiger partial charge in [0.15, 0.2) is 5.88 Å². The van der Waals surface area contributed by atoms with Crippen LogP contribution >= 0.6 is 11.6 Å². The Hall–Kier alpha value is -4.14. The van der Waals surface area contributed by atoms with Gasteiger partial charge in [-0.1, -0.05) is 41.9 Å². The molecular weight excluding hydrogens is 492 g/mol. The predicted octanol–water partition coefficient (Wildman–Crippen LogP) is 4.85. The molecular formula is C28H27ClN4O4. The number of hydrogen-bond donors (Lipinski definition) is 3. The molecule has 0 aliphatic heterocycles. The first-order valence-corrected chi connectivity index (χ1v) is 11.9. The molecule has 0 atom stereocenters. The van der Waals surface area contributed by atoms with Crippen molar-refractivity contribution in [2.75, 3.05) is 32.6 Å². The molecule has 1 amide bonds. The fourth-order valence-corrected chi connectivity index (χ4v) is 4.19. The molecule has 0 saturated heterocycles. The molecule has 0 fully saturated rings. The van der Waals surface area contributed by atoms with E-state index in [9.17, 15) is 14.7 Å². The first kappa shape index (κ1) is 25.9. The summed E-state index contributed by atoms with van der Waals surface area (Å²) in [6, 6.07) is 19.5. The number of aromatic amines is 1. The van der Waals surface area contributed by atoms with Gasteiger partial charge in [-0.3, -0.25) is 9.59 Å². The molecule has 8 nitrogen and oxygen atoms in total. The molecule has 37 heavy (non-hydrogen) atoms. The smallest absolute Gasteiger partial charge is 0.307 e. The number of hydrogen-bond acceptors (Lipinski definition) is 5. The Bertz CT molecular complexity index is 1470. The van der Waals surface area contributed by atoms with Gasteiger partial charge in [0.2, 0.25) is 5.91 Å². The lowest BCUT2D eigenvalue weighted by atomic mass is 9.99. The fourth-order valence-electron chi connectivity index (χ4n) is 4.02. The van der Waals surface area contributed by atoms with Gasteiger partial charge in [-0.25, -0.2) is 4.99 Å². The van der Waals surface area contributed by atoms with E-state index in [4.69, 9.17) is 21.7 Å². The average molecular weight is 519 g/mol. The van der Waals surface area contributed by atoms with Crippen LogP contribution in [0.3, 0.4) is 0 Å². The number of aromatic nitrogens is 1. The molecule has 0 aliphatic rings. The van der Waals surface area contributed by atoms with Crippen LogP contribution in [-0.2, 0) is 16.0 Å². The van der Waals surface area contributed by atoms with E-state index in [-0.39, 0.29) is 18.2 Å². The number of benzene rings is 3. The van der Waals surface area contributed by atoms with Crippen molar-refractivity contribution in [1.82, 2.24) is 9.88 Å². The van der Waals surface area contributed by atoms with Gasteiger partial charge < -0.3 is 25.0 Å². The van der Waals surface area contributed by atoms with Gasteiger partial charge in [-0.15, -0.1) is 0 Å². The maximum Gasteiger partial charge on any atom is 0.307 e. The molecule has 0 spiro atoms. The van der Waals surface area contributed by atoms with Gasteiger partial charge in [-0.2, -0.15) is 0 Å². The van der Waals surface area contributed by atoms with Crippen LogP contribution in [0.25, 0.3) is 10.9 Å². The highest BCUT2D eigenvalue weighted by Crippen LogP contribution is 2.33. The highest BCUT2D eigenvalue weighted by Gasteiger charge is 2.19. The van der Waals surface area contributed by atoms with Crippen molar-refractivity contribution in [2.24, 2.45) is 4.99 Å². The molecule has 0 unspecified atom stereocenters. The maximum absolute atomic E-state index is 12.4. The standard InChI is InChI=1S/C28H27ClN4O4/c1-32(2)16-24(34)33(3)21-11-9-20(10-12-21)30-27(18-6-4-17(5-7-18)14-25(35)36)26-22-13-8-19(29)15-23(22)31-28(26)37/h4-13,15,31,37H,14,16H2,1-3H3,(H,35,36). The summed E-state index contributed by atoms with van der Waals surface area (Å²) in [7, 11) is 5.41. The molecule has 0 saturated carbocycles. The molecule has 0 bridgehead atoms. The van der Waals surface area contributed by atoms with E-state index < -0.39 is 5.97 Å². The Morgan fingerprint density at radius 1 is 0.973 bits per heavy atom. The van der Waals surface area contributed by atoms with Crippen molar-refractivity contribution >= 4 is 51.5 Å². The Kier molecular flexibility index (Phi) is 7.61. The second-order valence-electron chi connectivity index (χ2n) is 8.97. The summed E-state index contributed by atoms with van der Waals surface area (Å²) in [4.78, 5) is 34.7. The van der Waals surface area contributed by atoms with Crippen LogP contribution in [-0.4, -0.2) is 65.4 Å². The minimum atomic E-state index is -0.915. The SMILES string of the molecule is CN(C)CC(=O)N(C)c1ccc(N=C(c2ccc(CC(=O)O)cc2)c2c(O)[nH]c3cc(Cl)ccc23)cc1. The lowest BCUT2D eigenvalue weighted by molar-refractivity contribution is -0.136. The average Bonchev–Trinajstić information content (AvgIpc) is 3.16. The van der Waals surface area contributed by atoms with Crippen LogP contribution in [0.2, 0.25) is 5.02 Å². The van der Waals surface area contributed by atoms with Crippen LogP contribution in [0.1, 0.15) is 16.7 Å². The summed E-state index contributed by atoms with van der Waals surface area (Å²) in [5.74, 6) is -1.01. The number of carboxylic acids is 1. The largest absolute Gasteiger partial charge is 0.494 e. The quantitative estimate of drug-likeness (QED) is 0.289. The van der Waals surface area contributed by atoms with Crippen LogP contribution in [0.5, 0.6) is 5.88 Å². The number of carbonyl (C=O) groups excluding carboxylic acids is 1. The van der Waals surface area contributed by atoms with E-state index in [1.807, 2.05) is 37.2 Å². The summed E-state index contributed by atoms with van der Waals surface area (Å²) < 4.78 is 0. The van der Waals surface area contributed by atoms with Crippen molar-refractivity contribution in [3.8, 4) is 5.88 Å². The zero-order valence-corrected chi connectivity index (χ0v) is 21.5. The molecule has 9 heteroatoms. The number of nitrogens with one attached hydrogen (secondary N) is 1. The molecule has 3 aromatic carbocycles. The van der Waals surface area contributed by atoms with E-state index in [0.29, 0.717) is 45.2 Å². The molecule has 190 valence electrons. The van der Waals surface area contributed by atoms with E-state index in [1.165, 1.54) is 0 Å². The molecule has 4 aromatic rings. The van der Waals surface area contributed by atoms with E-state index in [0.717, 1.165) is 11.1 Å². The predicted molar refractivity (Wildman–Crippen MR) is 146 cm³/mol. The summed E-state index contributed by atoms with van der Waals surface area (Å²) in [5.41, 5.74) is 4.35. The number of anilines is 1. The minimum absolute atomic E-state index is 0.0363. The van der Waals surface area contributed by atoms with Gasteiger partial charge in [-0.05, 0) is 56.1 Å². The Balaban J connectivity index is 1.78. The van der Waals surface area contributed by atoms with Crippen molar-refractivity contribution in [3.05, 3.63) is 88.4 Å².